The molecular formula is C6H10N4OS. The molecule has 0 unspecified atom stereocenters. The molecule has 0 aromatic carbocycles. The second-order valence-corrected chi connectivity index (χ2v) is 3.30. The quantitative estimate of drug-likeness (QED) is 0.678. The van der Waals surface area contributed by atoms with Crippen LogP contribution in [0, 0.1) is 0 Å². The molecule has 0 fully saturated rings. The SMILES string of the molecule is CCC(=O)SCCn1cnnn1. The lowest BCUT2D eigenvalue weighted by Crippen LogP contribution is -2.03. The fourth-order valence-corrected chi connectivity index (χ4v) is 1.35. The van der Waals surface area contributed by atoms with Crippen molar-refractivity contribution in [2.45, 2.75) is 19.9 Å². The van der Waals surface area contributed by atoms with Crippen molar-refractivity contribution in [3.63, 3.8) is 0 Å². The molecule has 1 aromatic heterocycles. The number of rotatable bonds is 4. The second-order valence-electron chi connectivity index (χ2n) is 2.15. The molecule has 1 heterocycles. The average Bonchev–Trinajstić information content (AvgIpc) is 2.57. The van der Waals surface area contributed by atoms with Gasteiger partial charge in [0.05, 0.1) is 6.54 Å². The summed E-state index contributed by atoms with van der Waals surface area (Å²) in [5.41, 5.74) is 0. The number of carbonyl (C=O) groups excluding carboxylic acids is 1. The van der Waals surface area contributed by atoms with Crippen molar-refractivity contribution < 1.29 is 4.79 Å². The van der Waals surface area contributed by atoms with E-state index in [1.54, 1.807) is 4.68 Å². The highest BCUT2D eigenvalue weighted by molar-refractivity contribution is 8.13. The predicted octanol–water partition coefficient (Wildman–Crippen LogP) is 0.343. The van der Waals surface area contributed by atoms with Crippen molar-refractivity contribution in [2.24, 2.45) is 0 Å². The molecule has 1 aromatic rings. The number of nitrogens with zero attached hydrogens (tertiary/aromatic N) is 4. The Balaban J connectivity index is 2.15. The molecule has 66 valence electrons. The third-order valence-electron chi connectivity index (χ3n) is 1.26. The van der Waals surface area contributed by atoms with Crippen LogP contribution in [0.4, 0.5) is 0 Å². The monoisotopic (exact) mass is 186 g/mol. The van der Waals surface area contributed by atoms with Crippen LogP contribution >= 0.6 is 11.8 Å². The lowest BCUT2D eigenvalue weighted by Gasteiger charge is -1.96. The lowest BCUT2D eigenvalue weighted by molar-refractivity contribution is -0.110. The van der Waals surface area contributed by atoms with Gasteiger partial charge in [-0.3, -0.25) is 4.79 Å². The first-order chi connectivity index (χ1) is 5.83. The highest BCUT2D eigenvalue weighted by Gasteiger charge is 1.98. The van der Waals surface area contributed by atoms with Crippen LogP contribution in [0.15, 0.2) is 6.33 Å². The van der Waals surface area contributed by atoms with Crippen molar-refractivity contribution in [1.29, 1.82) is 0 Å². The van der Waals surface area contributed by atoms with E-state index in [9.17, 15) is 4.79 Å². The summed E-state index contributed by atoms with van der Waals surface area (Å²) in [6.45, 7) is 2.54. The second kappa shape index (κ2) is 4.87. The van der Waals surface area contributed by atoms with Gasteiger partial charge in [0, 0.05) is 12.2 Å². The van der Waals surface area contributed by atoms with Gasteiger partial charge in [-0.2, -0.15) is 0 Å². The molecule has 0 spiro atoms. The third kappa shape index (κ3) is 3.00. The van der Waals surface area contributed by atoms with Crippen LogP contribution < -0.4 is 0 Å². The van der Waals surface area contributed by atoms with Gasteiger partial charge in [-0.25, -0.2) is 4.68 Å². The van der Waals surface area contributed by atoms with E-state index in [4.69, 9.17) is 0 Å². The first-order valence-corrected chi connectivity index (χ1v) is 4.68. The summed E-state index contributed by atoms with van der Waals surface area (Å²) >= 11 is 1.32. The zero-order valence-electron chi connectivity index (χ0n) is 6.80. The molecule has 0 bridgehead atoms. The first-order valence-electron chi connectivity index (χ1n) is 3.69. The summed E-state index contributed by atoms with van der Waals surface area (Å²) in [5, 5.41) is 10.8. The Bertz CT molecular complexity index is 236. The topological polar surface area (TPSA) is 60.7 Å². The Morgan fingerprint density at radius 1 is 1.67 bits per heavy atom. The molecule has 0 atom stereocenters. The van der Waals surface area contributed by atoms with Crippen LogP contribution in [-0.4, -0.2) is 31.1 Å². The molecule has 5 nitrogen and oxygen atoms in total. The summed E-state index contributed by atoms with van der Waals surface area (Å²) in [4.78, 5) is 10.8. The number of aryl methyl sites for hydroxylation is 1. The van der Waals surface area contributed by atoms with Gasteiger partial charge in [0.1, 0.15) is 6.33 Å². The van der Waals surface area contributed by atoms with E-state index >= 15 is 0 Å². The Labute approximate surface area is 74.5 Å². The number of hydrogen-bond donors (Lipinski definition) is 0. The van der Waals surface area contributed by atoms with E-state index in [0.29, 0.717) is 13.0 Å². The fourth-order valence-electron chi connectivity index (χ4n) is 0.638. The van der Waals surface area contributed by atoms with Crippen LogP contribution in [0.3, 0.4) is 0 Å². The minimum atomic E-state index is 0.211. The maximum absolute atomic E-state index is 10.8. The van der Waals surface area contributed by atoms with Crippen molar-refractivity contribution in [3.05, 3.63) is 6.33 Å². The van der Waals surface area contributed by atoms with Gasteiger partial charge < -0.3 is 0 Å². The van der Waals surface area contributed by atoms with Crippen molar-refractivity contribution in [3.8, 4) is 0 Å². The number of thioether (sulfide) groups is 1. The smallest absolute Gasteiger partial charge is 0.188 e. The maximum atomic E-state index is 10.8. The third-order valence-corrected chi connectivity index (χ3v) is 2.26. The van der Waals surface area contributed by atoms with E-state index in [1.807, 2.05) is 6.92 Å². The number of carbonyl (C=O) groups is 1. The van der Waals surface area contributed by atoms with E-state index in [1.165, 1.54) is 18.1 Å². The minimum Gasteiger partial charge on any atom is -0.287 e. The van der Waals surface area contributed by atoms with Gasteiger partial charge >= 0.3 is 0 Å². The van der Waals surface area contributed by atoms with Crippen molar-refractivity contribution in [1.82, 2.24) is 20.2 Å². The van der Waals surface area contributed by atoms with Crippen LogP contribution in [0.1, 0.15) is 13.3 Å². The molecule has 0 saturated carbocycles. The molecule has 1 rings (SSSR count). The van der Waals surface area contributed by atoms with Gasteiger partial charge in [0.15, 0.2) is 5.12 Å². The Morgan fingerprint density at radius 2 is 2.50 bits per heavy atom. The van der Waals surface area contributed by atoms with E-state index in [-0.39, 0.29) is 5.12 Å². The summed E-state index contributed by atoms with van der Waals surface area (Å²) in [7, 11) is 0. The Hall–Kier alpha value is -0.910. The first kappa shape index (κ1) is 9.18. The molecule has 6 heteroatoms. The molecule has 0 aliphatic carbocycles. The summed E-state index contributed by atoms with van der Waals surface area (Å²) in [5.74, 6) is 0.734. The Kier molecular flexibility index (Phi) is 3.72. The Morgan fingerprint density at radius 3 is 3.08 bits per heavy atom. The largest absolute Gasteiger partial charge is 0.287 e. The molecule has 0 saturated heterocycles. The zero-order chi connectivity index (χ0) is 8.81. The highest BCUT2D eigenvalue weighted by Crippen LogP contribution is 2.04. The van der Waals surface area contributed by atoms with Gasteiger partial charge in [-0.1, -0.05) is 18.7 Å². The molecule has 0 N–H and O–H groups in total. The van der Waals surface area contributed by atoms with Gasteiger partial charge in [0.25, 0.3) is 0 Å². The van der Waals surface area contributed by atoms with Gasteiger partial charge in [-0.05, 0) is 10.4 Å². The number of hydrogen-bond acceptors (Lipinski definition) is 5. The summed E-state index contributed by atoms with van der Waals surface area (Å²) in [6.07, 6.45) is 2.12. The molecule has 12 heavy (non-hydrogen) atoms. The minimum absolute atomic E-state index is 0.211. The highest BCUT2D eigenvalue weighted by atomic mass is 32.2. The van der Waals surface area contributed by atoms with E-state index in [2.05, 4.69) is 15.5 Å². The van der Waals surface area contributed by atoms with Crippen LogP contribution in [0.5, 0.6) is 0 Å². The normalized spacial score (nSPS) is 10.1. The van der Waals surface area contributed by atoms with Crippen molar-refractivity contribution in [2.75, 3.05) is 5.75 Å². The number of tetrazole rings is 1. The standard InChI is InChI=1S/C6H10N4OS/c1-2-6(11)12-4-3-10-5-7-8-9-10/h5H,2-4H2,1H3. The molecule has 0 aliphatic heterocycles. The molecule has 0 aliphatic rings. The predicted molar refractivity (Wildman–Crippen MR) is 45.6 cm³/mol. The summed E-state index contributed by atoms with van der Waals surface area (Å²) in [6, 6.07) is 0. The number of aromatic nitrogens is 4. The van der Waals surface area contributed by atoms with Crippen LogP contribution in [-0.2, 0) is 11.3 Å². The van der Waals surface area contributed by atoms with Gasteiger partial charge in [-0.15, -0.1) is 5.10 Å². The average molecular weight is 186 g/mol. The summed E-state index contributed by atoms with van der Waals surface area (Å²) < 4.78 is 1.61. The van der Waals surface area contributed by atoms with Crippen LogP contribution in [0.25, 0.3) is 0 Å². The molecule has 0 radical (unpaired) electrons. The molecule has 0 amide bonds. The zero-order valence-corrected chi connectivity index (χ0v) is 7.62. The van der Waals surface area contributed by atoms with E-state index in [0.717, 1.165) is 5.75 Å². The van der Waals surface area contributed by atoms with Gasteiger partial charge in [0.2, 0.25) is 0 Å². The molecular weight excluding hydrogens is 176 g/mol. The van der Waals surface area contributed by atoms with Crippen LogP contribution in [0.2, 0.25) is 0 Å². The fraction of sp³-hybridized carbons (Fsp3) is 0.667. The lowest BCUT2D eigenvalue weighted by atomic mass is 10.6. The van der Waals surface area contributed by atoms with Crippen molar-refractivity contribution >= 4 is 16.9 Å². The van der Waals surface area contributed by atoms with E-state index < -0.39 is 0 Å². The maximum Gasteiger partial charge on any atom is 0.188 e.